The number of thiazole rings is 1. The number of thiophene rings is 1. The van der Waals surface area contributed by atoms with Gasteiger partial charge in [-0.15, -0.1) is 22.7 Å². The summed E-state index contributed by atoms with van der Waals surface area (Å²) < 4.78 is 0. The average Bonchev–Trinajstić information content (AvgIpc) is 3.56. The predicted octanol–water partition coefficient (Wildman–Crippen LogP) is 5.84. The van der Waals surface area contributed by atoms with Crippen LogP contribution in [0.15, 0.2) is 83.7 Å². The highest BCUT2D eigenvalue weighted by molar-refractivity contribution is 7.20. The Hall–Kier alpha value is -3.22. The maximum atomic E-state index is 12.7. The number of rotatable bonds is 7. The molecule has 4 nitrogen and oxygen atoms in total. The van der Waals surface area contributed by atoms with Crippen molar-refractivity contribution < 1.29 is 4.79 Å². The molecule has 154 valence electrons. The molecular weight excluding hydrogens is 422 g/mol. The molecule has 2 aromatic carbocycles. The Balaban J connectivity index is 1.32. The lowest BCUT2D eigenvalue weighted by Gasteiger charge is -2.18. The molecule has 5 aromatic rings. The van der Waals surface area contributed by atoms with Crippen LogP contribution in [-0.2, 0) is 11.2 Å². The normalized spacial score (nSPS) is 12.1. The summed E-state index contributed by atoms with van der Waals surface area (Å²) in [7, 11) is 0. The summed E-state index contributed by atoms with van der Waals surface area (Å²) in [6, 6.07) is 22.7. The number of fused-ring (bicyclic) bond motifs is 1. The Morgan fingerprint density at radius 3 is 2.68 bits per heavy atom. The van der Waals surface area contributed by atoms with E-state index in [0.717, 1.165) is 21.1 Å². The molecule has 6 heteroatoms. The van der Waals surface area contributed by atoms with Gasteiger partial charge in [-0.2, -0.15) is 0 Å². The van der Waals surface area contributed by atoms with E-state index < -0.39 is 0 Å². The summed E-state index contributed by atoms with van der Waals surface area (Å²) in [6.07, 6.45) is 2.35. The number of carbonyl (C=O) groups excluding carboxylic acids is 1. The van der Waals surface area contributed by atoms with Gasteiger partial charge in [0.2, 0.25) is 5.91 Å². The first-order valence-corrected chi connectivity index (χ1v) is 11.9. The molecule has 2 N–H and O–H groups in total. The van der Waals surface area contributed by atoms with Crippen LogP contribution < -0.4 is 5.32 Å². The van der Waals surface area contributed by atoms with Gasteiger partial charge in [-0.1, -0.05) is 54.6 Å². The molecule has 0 aliphatic rings. The number of H-pyrrole nitrogens is 1. The van der Waals surface area contributed by atoms with Crippen LogP contribution in [0.5, 0.6) is 0 Å². The number of aromatic nitrogens is 2. The Morgan fingerprint density at radius 1 is 1.00 bits per heavy atom. The van der Waals surface area contributed by atoms with Crippen LogP contribution in [0.1, 0.15) is 22.7 Å². The molecule has 1 amide bonds. The average molecular weight is 444 g/mol. The number of hydrogen-bond acceptors (Lipinski definition) is 4. The molecule has 0 unspecified atom stereocenters. The third-order valence-corrected chi connectivity index (χ3v) is 7.26. The number of amides is 1. The van der Waals surface area contributed by atoms with E-state index in [1.807, 2.05) is 47.2 Å². The van der Waals surface area contributed by atoms with Gasteiger partial charge in [0, 0.05) is 34.9 Å². The molecule has 0 aliphatic heterocycles. The van der Waals surface area contributed by atoms with Crippen molar-refractivity contribution in [3.05, 3.63) is 101 Å². The highest BCUT2D eigenvalue weighted by atomic mass is 32.1. The van der Waals surface area contributed by atoms with Gasteiger partial charge in [0.05, 0.1) is 17.0 Å². The number of hydrogen-bond donors (Lipinski definition) is 2. The van der Waals surface area contributed by atoms with Gasteiger partial charge in [0.25, 0.3) is 0 Å². The van der Waals surface area contributed by atoms with Crippen LogP contribution >= 0.6 is 22.7 Å². The SMILES string of the molecule is O=C(Cc1csc(-c2cccs2)n1)NC[C@@H](c1ccccc1)c1c[nH]c2ccccc12. The van der Waals surface area contributed by atoms with Gasteiger partial charge >= 0.3 is 0 Å². The lowest BCUT2D eigenvalue weighted by Crippen LogP contribution is -2.30. The smallest absolute Gasteiger partial charge is 0.226 e. The molecule has 3 heterocycles. The molecule has 0 bridgehead atoms. The molecule has 31 heavy (non-hydrogen) atoms. The Kier molecular flexibility index (Phi) is 5.65. The molecule has 0 fully saturated rings. The summed E-state index contributed by atoms with van der Waals surface area (Å²) in [5.41, 5.74) is 4.29. The van der Waals surface area contributed by atoms with Crippen LogP contribution in [0.3, 0.4) is 0 Å². The van der Waals surface area contributed by atoms with Crippen molar-refractivity contribution in [1.82, 2.24) is 15.3 Å². The maximum Gasteiger partial charge on any atom is 0.226 e. The molecule has 0 saturated heterocycles. The maximum absolute atomic E-state index is 12.7. The van der Waals surface area contributed by atoms with Crippen molar-refractivity contribution >= 4 is 39.5 Å². The summed E-state index contributed by atoms with van der Waals surface area (Å²) in [4.78, 5) is 21.9. The van der Waals surface area contributed by atoms with E-state index in [-0.39, 0.29) is 18.2 Å². The Morgan fingerprint density at radius 2 is 1.84 bits per heavy atom. The van der Waals surface area contributed by atoms with Crippen molar-refractivity contribution in [3.8, 4) is 9.88 Å². The van der Waals surface area contributed by atoms with Gasteiger partial charge in [-0.3, -0.25) is 4.79 Å². The van der Waals surface area contributed by atoms with Crippen molar-refractivity contribution in [2.45, 2.75) is 12.3 Å². The van der Waals surface area contributed by atoms with Gasteiger partial charge < -0.3 is 10.3 Å². The Bertz CT molecular complexity index is 1290. The second-order valence-corrected chi connectivity index (χ2v) is 9.16. The fourth-order valence-corrected chi connectivity index (χ4v) is 5.45. The first-order chi connectivity index (χ1) is 15.3. The topological polar surface area (TPSA) is 57.8 Å². The third-order valence-electron chi connectivity index (χ3n) is 5.33. The fourth-order valence-electron chi connectivity index (χ4n) is 3.82. The Labute approximate surface area is 188 Å². The molecule has 0 aliphatic carbocycles. The zero-order valence-electron chi connectivity index (χ0n) is 16.7. The molecule has 1 atom stereocenters. The van der Waals surface area contributed by atoms with Gasteiger partial charge in [0.15, 0.2) is 0 Å². The monoisotopic (exact) mass is 443 g/mol. The zero-order valence-corrected chi connectivity index (χ0v) is 18.4. The van der Waals surface area contributed by atoms with E-state index >= 15 is 0 Å². The van der Waals surface area contributed by atoms with Crippen LogP contribution in [0.4, 0.5) is 0 Å². The van der Waals surface area contributed by atoms with Crippen LogP contribution in [0, 0.1) is 0 Å². The standard InChI is InChI=1S/C25H21N3OS2/c29-24(13-18-16-31-25(28-18)23-11-6-12-30-23)27-14-20(17-7-2-1-3-8-17)21-15-26-22-10-5-4-9-19(21)22/h1-12,15-16,20,26H,13-14H2,(H,27,29)/t20-/m0/s1. The molecule has 0 spiro atoms. The lowest BCUT2D eigenvalue weighted by molar-refractivity contribution is -0.120. The molecule has 3 aromatic heterocycles. The summed E-state index contributed by atoms with van der Waals surface area (Å²) in [5.74, 6) is 0.0576. The number of para-hydroxylation sites is 1. The van der Waals surface area contributed by atoms with Crippen molar-refractivity contribution in [1.29, 1.82) is 0 Å². The van der Waals surface area contributed by atoms with Crippen LogP contribution in [-0.4, -0.2) is 22.4 Å². The summed E-state index contributed by atoms with van der Waals surface area (Å²) in [6.45, 7) is 0.534. The number of aromatic amines is 1. The highest BCUT2D eigenvalue weighted by Crippen LogP contribution is 2.31. The number of nitrogens with zero attached hydrogens (tertiary/aromatic N) is 1. The van der Waals surface area contributed by atoms with Crippen LogP contribution in [0.25, 0.3) is 20.8 Å². The first-order valence-electron chi connectivity index (χ1n) is 10.1. The highest BCUT2D eigenvalue weighted by Gasteiger charge is 2.19. The summed E-state index contributed by atoms with van der Waals surface area (Å²) >= 11 is 3.25. The second-order valence-electron chi connectivity index (χ2n) is 7.36. The van der Waals surface area contributed by atoms with Crippen molar-refractivity contribution in [2.75, 3.05) is 6.54 Å². The minimum atomic E-state index is -0.0104. The minimum absolute atomic E-state index is 0.0104. The number of benzene rings is 2. The van der Waals surface area contributed by atoms with E-state index in [2.05, 4.69) is 51.8 Å². The minimum Gasteiger partial charge on any atom is -0.361 e. The van der Waals surface area contributed by atoms with E-state index in [1.54, 1.807) is 22.7 Å². The van der Waals surface area contributed by atoms with Crippen molar-refractivity contribution in [2.24, 2.45) is 0 Å². The molecule has 5 rings (SSSR count). The molecule has 0 radical (unpaired) electrons. The fraction of sp³-hybridized carbons (Fsp3) is 0.120. The lowest BCUT2D eigenvalue weighted by atomic mass is 9.91. The predicted molar refractivity (Wildman–Crippen MR) is 129 cm³/mol. The molecule has 0 saturated carbocycles. The zero-order chi connectivity index (χ0) is 21.0. The van der Waals surface area contributed by atoms with Gasteiger partial charge in [-0.05, 0) is 28.6 Å². The number of nitrogens with one attached hydrogen (secondary N) is 2. The third kappa shape index (κ3) is 4.31. The van der Waals surface area contributed by atoms with Crippen LogP contribution in [0.2, 0.25) is 0 Å². The van der Waals surface area contributed by atoms with E-state index in [1.165, 1.54) is 16.5 Å². The van der Waals surface area contributed by atoms with Gasteiger partial charge in [-0.25, -0.2) is 4.98 Å². The second kappa shape index (κ2) is 8.88. The first kappa shape index (κ1) is 19.7. The number of carbonyl (C=O) groups is 1. The van der Waals surface area contributed by atoms with Gasteiger partial charge in [0.1, 0.15) is 5.01 Å². The van der Waals surface area contributed by atoms with E-state index in [9.17, 15) is 4.79 Å². The summed E-state index contributed by atoms with van der Waals surface area (Å²) in [5, 5.41) is 9.31. The van der Waals surface area contributed by atoms with E-state index in [4.69, 9.17) is 0 Å². The molecular formula is C25H21N3OS2. The van der Waals surface area contributed by atoms with Crippen molar-refractivity contribution in [3.63, 3.8) is 0 Å². The van der Waals surface area contributed by atoms with E-state index in [0.29, 0.717) is 6.54 Å². The largest absolute Gasteiger partial charge is 0.361 e. The quantitative estimate of drug-likeness (QED) is 0.332.